The van der Waals surface area contributed by atoms with E-state index in [1.807, 2.05) is 35.2 Å². The number of urea groups is 1. The van der Waals surface area contributed by atoms with Crippen molar-refractivity contribution < 1.29 is 42.1 Å². The van der Waals surface area contributed by atoms with Gasteiger partial charge in [0, 0.05) is 38.9 Å². The Hall–Kier alpha value is -2.86. The van der Waals surface area contributed by atoms with Crippen molar-refractivity contribution in [3.05, 3.63) is 35.9 Å². The second-order valence-corrected chi connectivity index (χ2v) is 9.72. The lowest BCUT2D eigenvalue weighted by Gasteiger charge is -2.51. The summed E-state index contributed by atoms with van der Waals surface area (Å²) in [5.41, 5.74) is -0.368. The first-order valence-corrected chi connectivity index (χ1v) is 12.2. The number of carbonyl (C=O) groups is 3. The van der Waals surface area contributed by atoms with Crippen molar-refractivity contribution in [3.63, 3.8) is 0 Å². The van der Waals surface area contributed by atoms with Crippen LogP contribution in [0.5, 0.6) is 0 Å². The molecule has 9 nitrogen and oxygen atoms in total. The third kappa shape index (κ3) is 6.35. The van der Waals surface area contributed by atoms with Crippen LogP contribution in [0.4, 0.5) is 18.0 Å². The summed E-state index contributed by atoms with van der Waals surface area (Å²) < 4.78 is 47.9. The lowest BCUT2D eigenvalue weighted by Crippen LogP contribution is -2.56. The molecule has 3 rings (SSSR count). The number of esters is 1. The van der Waals surface area contributed by atoms with Crippen molar-refractivity contribution in [1.82, 2.24) is 14.7 Å². The Labute approximate surface area is 214 Å². The molecule has 1 saturated carbocycles. The van der Waals surface area contributed by atoms with Crippen LogP contribution in [0.3, 0.4) is 0 Å². The zero-order chi connectivity index (χ0) is 27.3. The van der Waals surface area contributed by atoms with E-state index >= 15 is 0 Å². The minimum atomic E-state index is -5.08. The molecule has 0 bridgehead atoms. The molecule has 37 heavy (non-hydrogen) atoms. The molecule has 1 saturated heterocycles. The number of methoxy groups -OCH3 is 1. The number of ether oxygens (including phenoxy) is 2. The molecular weight excluding hydrogens is 495 g/mol. The first-order valence-electron chi connectivity index (χ1n) is 12.2. The van der Waals surface area contributed by atoms with Crippen molar-refractivity contribution in [2.45, 2.75) is 55.8 Å². The van der Waals surface area contributed by atoms with Gasteiger partial charge in [-0.3, -0.25) is 9.69 Å². The standard InChI is InChI=1S/C25H34F3N3O6/c1-29(18-37-21(34)25(26,27)28)24(19-7-4-3-5-8-19)12-10-23(11-13-24)17-30(15-9-20(32)33)22(35)31(23)14-6-16-36-2/h3-5,7-8H,6,9-18H2,1-2H3,(H,32,33). The van der Waals surface area contributed by atoms with Gasteiger partial charge in [-0.05, 0) is 44.7 Å². The highest BCUT2D eigenvalue weighted by Crippen LogP contribution is 2.49. The molecule has 1 aliphatic carbocycles. The SMILES string of the molecule is COCCCN1C(=O)N(CCC(=O)O)CC12CCC(c1ccccc1)(N(C)COC(=O)C(F)(F)F)CC2. The Balaban J connectivity index is 1.84. The van der Waals surface area contributed by atoms with Crippen LogP contribution in [0.2, 0.25) is 0 Å². The van der Waals surface area contributed by atoms with Crippen molar-refractivity contribution >= 4 is 18.0 Å². The molecule has 0 unspecified atom stereocenters. The Kier molecular flexibility index (Phi) is 9.06. The largest absolute Gasteiger partial charge is 0.490 e. The number of hydrogen-bond acceptors (Lipinski definition) is 6. The van der Waals surface area contributed by atoms with E-state index in [1.165, 1.54) is 0 Å². The van der Waals surface area contributed by atoms with E-state index in [0.29, 0.717) is 51.8 Å². The number of carboxylic acids is 1. The Morgan fingerprint density at radius 1 is 1.11 bits per heavy atom. The number of aliphatic carboxylic acids is 1. The van der Waals surface area contributed by atoms with Gasteiger partial charge in [-0.2, -0.15) is 13.2 Å². The first-order chi connectivity index (χ1) is 17.4. The maximum atomic E-state index is 13.3. The smallest absolute Gasteiger partial charge is 0.481 e. The quantitative estimate of drug-likeness (QED) is 0.266. The van der Waals surface area contributed by atoms with Crippen LogP contribution in [-0.4, -0.2) is 96.6 Å². The summed E-state index contributed by atoms with van der Waals surface area (Å²) in [6, 6.07) is 9.13. The number of halogens is 3. The molecule has 1 aromatic rings. The minimum absolute atomic E-state index is 0.105. The highest BCUT2D eigenvalue weighted by atomic mass is 19.4. The average molecular weight is 530 g/mol. The van der Waals surface area contributed by atoms with E-state index in [2.05, 4.69) is 4.74 Å². The molecule has 2 amide bonds. The van der Waals surface area contributed by atoms with Crippen molar-refractivity contribution in [3.8, 4) is 0 Å². The monoisotopic (exact) mass is 529 g/mol. The first kappa shape index (κ1) is 28.7. The molecule has 1 aromatic carbocycles. The number of hydrogen-bond donors (Lipinski definition) is 1. The zero-order valence-electron chi connectivity index (χ0n) is 21.1. The number of alkyl halides is 3. The fourth-order valence-electron chi connectivity index (χ4n) is 5.54. The van der Waals surface area contributed by atoms with Crippen LogP contribution < -0.4 is 0 Å². The molecule has 0 atom stereocenters. The van der Waals surface area contributed by atoms with Gasteiger partial charge in [0.05, 0.1) is 12.0 Å². The van der Waals surface area contributed by atoms with E-state index in [0.717, 1.165) is 5.56 Å². The minimum Gasteiger partial charge on any atom is -0.481 e. The molecule has 0 aromatic heterocycles. The number of carbonyl (C=O) groups excluding carboxylic acids is 2. The van der Waals surface area contributed by atoms with Crippen molar-refractivity contribution in [2.24, 2.45) is 0 Å². The fraction of sp³-hybridized carbons (Fsp3) is 0.640. The van der Waals surface area contributed by atoms with E-state index in [4.69, 9.17) is 9.84 Å². The second kappa shape index (κ2) is 11.7. The molecule has 1 spiro atoms. The van der Waals surface area contributed by atoms with Crippen LogP contribution in [0, 0.1) is 0 Å². The molecular formula is C25H34F3N3O6. The molecule has 1 heterocycles. The van der Waals surface area contributed by atoms with Gasteiger partial charge in [-0.1, -0.05) is 30.3 Å². The molecule has 2 aliphatic rings. The third-order valence-corrected chi connectivity index (χ3v) is 7.56. The van der Waals surface area contributed by atoms with Crippen LogP contribution in [0.25, 0.3) is 0 Å². The van der Waals surface area contributed by atoms with Crippen LogP contribution in [0.15, 0.2) is 30.3 Å². The maximum absolute atomic E-state index is 13.3. The summed E-state index contributed by atoms with van der Waals surface area (Å²) in [6.07, 6.45) is -2.54. The van der Waals surface area contributed by atoms with Crippen LogP contribution in [-0.2, 0) is 24.6 Å². The van der Waals surface area contributed by atoms with Gasteiger partial charge in [0.15, 0.2) is 0 Å². The molecule has 2 fully saturated rings. The number of rotatable bonds is 11. The summed E-state index contributed by atoms with van der Waals surface area (Å²) in [5, 5.41) is 9.12. The zero-order valence-corrected chi connectivity index (χ0v) is 21.1. The molecule has 1 N–H and O–H groups in total. The molecule has 1 aliphatic heterocycles. The van der Waals surface area contributed by atoms with Gasteiger partial charge in [0.1, 0.15) is 6.73 Å². The van der Waals surface area contributed by atoms with Crippen molar-refractivity contribution in [1.29, 1.82) is 0 Å². The van der Waals surface area contributed by atoms with Gasteiger partial charge < -0.3 is 24.4 Å². The summed E-state index contributed by atoms with van der Waals surface area (Å²) in [7, 11) is 3.21. The van der Waals surface area contributed by atoms with Gasteiger partial charge in [0.2, 0.25) is 0 Å². The number of benzene rings is 1. The summed E-state index contributed by atoms with van der Waals surface area (Å²) >= 11 is 0. The number of amides is 2. The molecule has 206 valence electrons. The van der Waals surface area contributed by atoms with Gasteiger partial charge >= 0.3 is 24.1 Å². The highest BCUT2D eigenvalue weighted by molar-refractivity contribution is 5.79. The molecule has 0 radical (unpaired) electrons. The van der Waals surface area contributed by atoms with E-state index in [1.54, 1.807) is 24.0 Å². The Morgan fingerprint density at radius 3 is 2.32 bits per heavy atom. The van der Waals surface area contributed by atoms with E-state index in [-0.39, 0.29) is 19.0 Å². The Bertz CT molecular complexity index is 951. The lowest BCUT2D eigenvalue weighted by atomic mass is 9.68. The fourth-order valence-corrected chi connectivity index (χ4v) is 5.54. The lowest BCUT2D eigenvalue weighted by molar-refractivity contribution is -0.206. The number of carboxylic acid groups (broad SMARTS) is 1. The summed E-state index contributed by atoms with van der Waals surface area (Å²) in [5.74, 6) is -3.23. The second-order valence-electron chi connectivity index (χ2n) is 9.72. The summed E-state index contributed by atoms with van der Waals surface area (Å²) in [4.78, 5) is 40.8. The van der Waals surface area contributed by atoms with Gasteiger partial charge in [-0.25, -0.2) is 9.59 Å². The topological polar surface area (TPSA) is 99.6 Å². The number of nitrogens with zero attached hydrogens (tertiary/aromatic N) is 3. The van der Waals surface area contributed by atoms with Crippen LogP contribution >= 0.6 is 0 Å². The third-order valence-electron chi connectivity index (χ3n) is 7.56. The van der Waals surface area contributed by atoms with Gasteiger partial charge in [-0.15, -0.1) is 0 Å². The van der Waals surface area contributed by atoms with Gasteiger partial charge in [0.25, 0.3) is 0 Å². The predicted octanol–water partition coefficient (Wildman–Crippen LogP) is 3.44. The molecule has 12 heteroatoms. The van der Waals surface area contributed by atoms with Crippen molar-refractivity contribution in [2.75, 3.05) is 47.1 Å². The highest BCUT2D eigenvalue weighted by Gasteiger charge is 2.54. The average Bonchev–Trinajstić information content (AvgIpc) is 3.12. The predicted molar refractivity (Wildman–Crippen MR) is 127 cm³/mol. The van der Waals surface area contributed by atoms with E-state index < -0.39 is 35.9 Å². The van der Waals surface area contributed by atoms with Crippen LogP contribution in [0.1, 0.15) is 44.1 Å². The van der Waals surface area contributed by atoms with E-state index in [9.17, 15) is 27.6 Å². The maximum Gasteiger partial charge on any atom is 0.490 e. The normalized spacial score (nSPS) is 24.2. The summed E-state index contributed by atoms with van der Waals surface area (Å²) in [6.45, 7) is 0.864. The Morgan fingerprint density at radius 2 is 1.76 bits per heavy atom.